The number of fused-ring (bicyclic) bond motifs is 1. The van der Waals surface area contributed by atoms with Gasteiger partial charge in [-0.1, -0.05) is 65.8 Å². The fourth-order valence-electron chi connectivity index (χ4n) is 4.94. The monoisotopic (exact) mass is 574 g/mol. The van der Waals surface area contributed by atoms with Gasteiger partial charge in [-0.15, -0.1) is 0 Å². The van der Waals surface area contributed by atoms with Crippen LogP contribution in [0.25, 0.3) is 10.4 Å². The number of alkyl halides is 3. The first-order valence-corrected chi connectivity index (χ1v) is 13.9. The summed E-state index contributed by atoms with van der Waals surface area (Å²) in [5.41, 5.74) is 5.39. The van der Waals surface area contributed by atoms with Crippen LogP contribution in [0.5, 0.6) is 0 Å². The Morgan fingerprint density at radius 3 is 2.27 bits per heavy atom. The SMILES string of the molecule is CN(Cc1ccccc1)c1ncnc2c1[C@@H](Cc1ccccc1)N(C)C[C@H](CN=[N+]=[N-])CN2S(=O)(=O)C(F)(F)F. The lowest BCUT2D eigenvalue weighted by Gasteiger charge is -2.40. The molecule has 10 nitrogen and oxygen atoms in total. The van der Waals surface area contributed by atoms with E-state index >= 15 is 0 Å². The van der Waals surface area contributed by atoms with Gasteiger partial charge in [-0.25, -0.2) is 14.3 Å². The lowest BCUT2D eigenvalue weighted by Crippen LogP contribution is -2.49. The van der Waals surface area contributed by atoms with E-state index in [-0.39, 0.29) is 24.5 Å². The minimum absolute atomic E-state index is 0.163. The van der Waals surface area contributed by atoms with Gasteiger partial charge in [-0.3, -0.25) is 4.90 Å². The maximum atomic E-state index is 14.0. The zero-order valence-corrected chi connectivity index (χ0v) is 22.8. The van der Waals surface area contributed by atoms with Crippen molar-refractivity contribution in [1.29, 1.82) is 0 Å². The molecule has 2 heterocycles. The van der Waals surface area contributed by atoms with Gasteiger partial charge in [0.25, 0.3) is 0 Å². The van der Waals surface area contributed by atoms with Crippen LogP contribution in [0.2, 0.25) is 0 Å². The quantitative estimate of drug-likeness (QED) is 0.214. The molecule has 0 saturated heterocycles. The van der Waals surface area contributed by atoms with Gasteiger partial charge < -0.3 is 4.90 Å². The number of sulfonamides is 1. The van der Waals surface area contributed by atoms with Gasteiger partial charge >= 0.3 is 15.5 Å². The van der Waals surface area contributed by atoms with Gasteiger partial charge in [0.05, 0.1) is 5.56 Å². The molecule has 1 aliphatic heterocycles. The van der Waals surface area contributed by atoms with Crippen LogP contribution in [0, 0.1) is 5.92 Å². The Morgan fingerprint density at radius 2 is 1.68 bits per heavy atom. The van der Waals surface area contributed by atoms with E-state index in [1.54, 1.807) is 11.9 Å². The predicted octanol–water partition coefficient (Wildman–Crippen LogP) is 4.92. The van der Waals surface area contributed by atoms with Crippen molar-refractivity contribution >= 4 is 21.7 Å². The van der Waals surface area contributed by atoms with E-state index in [2.05, 4.69) is 20.0 Å². The van der Waals surface area contributed by atoms with Gasteiger partial charge in [0.2, 0.25) is 0 Å². The molecule has 0 unspecified atom stereocenters. The number of likely N-dealkylation sites (N-methyl/N-ethyl adjacent to an activating group) is 1. The van der Waals surface area contributed by atoms with Gasteiger partial charge in [0.1, 0.15) is 12.1 Å². The van der Waals surface area contributed by atoms with Crippen LogP contribution in [0.4, 0.5) is 24.8 Å². The third kappa shape index (κ3) is 6.30. The van der Waals surface area contributed by atoms with E-state index in [9.17, 15) is 21.6 Å². The molecule has 0 aliphatic carbocycles. The maximum absolute atomic E-state index is 14.0. The molecule has 1 aromatic heterocycles. The molecule has 0 spiro atoms. The number of hydrogen-bond acceptors (Lipinski definition) is 7. The van der Waals surface area contributed by atoms with Crippen LogP contribution in [-0.4, -0.2) is 62.5 Å². The summed E-state index contributed by atoms with van der Waals surface area (Å²) in [6.07, 6.45) is 1.43. The number of anilines is 2. The highest BCUT2D eigenvalue weighted by Gasteiger charge is 2.52. The normalized spacial score (nSPS) is 18.3. The van der Waals surface area contributed by atoms with E-state index in [0.717, 1.165) is 17.5 Å². The zero-order chi connectivity index (χ0) is 28.9. The summed E-state index contributed by atoms with van der Waals surface area (Å²) >= 11 is 0. The van der Waals surface area contributed by atoms with Crippen molar-refractivity contribution in [3.63, 3.8) is 0 Å². The second kappa shape index (κ2) is 12.1. The summed E-state index contributed by atoms with van der Waals surface area (Å²) in [6, 6.07) is 18.2. The van der Waals surface area contributed by atoms with Crippen molar-refractivity contribution < 1.29 is 21.6 Å². The fraction of sp³-hybridized carbons (Fsp3) is 0.385. The number of nitrogens with zero attached hydrogens (tertiary/aromatic N) is 8. The largest absolute Gasteiger partial charge is 0.516 e. The molecule has 0 saturated carbocycles. The number of aromatic nitrogens is 2. The lowest BCUT2D eigenvalue weighted by atomic mass is 9.95. The smallest absolute Gasteiger partial charge is 0.355 e. The second-order valence-corrected chi connectivity index (χ2v) is 11.5. The van der Waals surface area contributed by atoms with Crippen molar-refractivity contribution in [2.45, 2.75) is 24.5 Å². The topological polar surface area (TPSA) is 118 Å². The van der Waals surface area contributed by atoms with E-state index in [1.807, 2.05) is 72.6 Å². The average Bonchev–Trinajstić information content (AvgIpc) is 2.92. The van der Waals surface area contributed by atoms with Gasteiger partial charge in [-0.05, 0) is 36.0 Å². The number of hydrogen-bond donors (Lipinski definition) is 0. The maximum Gasteiger partial charge on any atom is 0.516 e. The zero-order valence-electron chi connectivity index (χ0n) is 22.0. The van der Waals surface area contributed by atoms with Crippen molar-refractivity contribution in [2.75, 3.05) is 42.9 Å². The molecular weight excluding hydrogens is 545 g/mol. The van der Waals surface area contributed by atoms with Crippen molar-refractivity contribution in [3.8, 4) is 0 Å². The molecule has 40 heavy (non-hydrogen) atoms. The first-order chi connectivity index (χ1) is 19.0. The Balaban J connectivity index is 1.94. The summed E-state index contributed by atoms with van der Waals surface area (Å²) in [6.45, 7) is -0.229. The van der Waals surface area contributed by atoms with Crippen LogP contribution in [0.1, 0.15) is 22.7 Å². The Hall–Kier alpha value is -3.87. The van der Waals surface area contributed by atoms with Crippen molar-refractivity contribution in [3.05, 3.63) is 94.1 Å². The molecule has 0 fully saturated rings. The van der Waals surface area contributed by atoms with E-state index in [0.29, 0.717) is 23.1 Å². The Morgan fingerprint density at radius 1 is 1.05 bits per heavy atom. The van der Waals surface area contributed by atoms with Gasteiger partial charge in [0, 0.05) is 44.2 Å². The molecule has 212 valence electrons. The molecule has 0 radical (unpaired) electrons. The van der Waals surface area contributed by atoms with Crippen molar-refractivity contribution in [1.82, 2.24) is 14.9 Å². The van der Waals surface area contributed by atoms with Crippen molar-refractivity contribution in [2.24, 2.45) is 11.0 Å². The summed E-state index contributed by atoms with van der Waals surface area (Å²) < 4.78 is 68.3. The van der Waals surface area contributed by atoms with Crippen LogP contribution in [-0.2, 0) is 23.0 Å². The fourth-order valence-corrected chi connectivity index (χ4v) is 5.97. The summed E-state index contributed by atoms with van der Waals surface area (Å²) in [5.74, 6) is -0.761. The lowest BCUT2D eigenvalue weighted by molar-refractivity contribution is -0.0439. The third-order valence-corrected chi connectivity index (χ3v) is 8.28. The first kappa shape index (κ1) is 29.1. The third-order valence-electron chi connectivity index (χ3n) is 6.80. The van der Waals surface area contributed by atoms with Gasteiger partial charge in [0.15, 0.2) is 5.82 Å². The highest BCUT2D eigenvalue weighted by Crippen LogP contribution is 2.42. The molecule has 4 rings (SSSR count). The van der Waals surface area contributed by atoms with Crippen LogP contribution in [0.15, 0.2) is 72.1 Å². The summed E-state index contributed by atoms with van der Waals surface area (Å²) in [5, 5.41) is 3.55. The molecular formula is C26H29F3N8O2S. The highest BCUT2D eigenvalue weighted by molar-refractivity contribution is 7.93. The molecule has 14 heteroatoms. The molecule has 2 aromatic carbocycles. The molecule has 2 atom stereocenters. The standard InChI is InChI=1S/C26H29F3N8O2S/c1-35-16-21(14-33-34-30)17-37(40(38,39)26(27,28)29)25-23(22(35)13-19-9-5-3-6-10-19)24(31-18-32-25)36(2)15-20-11-7-4-8-12-20/h3-12,18,21-22H,13-17H2,1-2H3/t21-,22+/m0/s1. The summed E-state index contributed by atoms with van der Waals surface area (Å²) in [7, 11) is -2.30. The van der Waals surface area contributed by atoms with E-state index in [4.69, 9.17) is 5.53 Å². The average molecular weight is 575 g/mol. The number of halogens is 3. The second-order valence-electron chi connectivity index (χ2n) is 9.68. The van der Waals surface area contributed by atoms with Crippen LogP contribution < -0.4 is 9.21 Å². The number of benzene rings is 2. The highest BCUT2D eigenvalue weighted by atomic mass is 32.2. The first-order valence-electron chi connectivity index (χ1n) is 12.5. The number of rotatable bonds is 8. The van der Waals surface area contributed by atoms with Crippen LogP contribution >= 0.6 is 0 Å². The molecule has 3 aromatic rings. The summed E-state index contributed by atoms with van der Waals surface area (Å²) in [4.78, 5) is 15.1. The minimum atomic E-state index is -5.85. The molecule has 1 aliphatic rings. The van der Waals surface area contributed by atoms with Crippen LogP contribution in [0.3, 0.4) is 0 Å². The van der Waals surface area contributed by atoms with Gasteiger partial charge in [-0.2, -0.15) is 21.6 Å². The molecule has 0 amide bonds. The predicted molar refractivity (Wildman–Crippen MR) is 146 cm³/mol. The Kier molecular flexibility index (Phi) is 8.82. The van der Waals surface area contributed by atoms with E-state index in [1.165, 1.54) is 0 Å². The Labute approximate surface area is 230 Å². The van der Waals surface area contributed by atoms with E-state index < -0.39 is 34.0 Å². The Bertz CT molecular complexity index is 1450. The molecule has 0 bridgehead atoms. The number of azide groups is 1. The minimum Gasteiger partial charge on any atom is -0.355 e. The molecule has 0 N–H and O–H groups in total.